The van der Waals surface area contributed by atoms with Crippen LogP contribution in [-0.4, -0.2) is 17.2 Å². The van der Waals surface area contributed by atoms with Crippen molar-refractivity contribution in [1.82, 2.24) is 4.72 Å². The van der Waals surface area contributed by atoms with Crippen molar-refractivity contribution < 1.29 is 9.29 Å². The fourth-order valence-corrected chi connectivity index (χ4v) is 2.13. The van der Waals surface area contributed by atoms with Crippen molar-refractivity contribution in [2.24, 2.45) is 0 Å². The van der Waals surface area contributed by atoms with Gasteiger partial charge in [-0.15, -0.1) is 4.72 Å². The van der Waals surface area contributed by atoms with E-state index in [9.17, 15) is 4.55 Å². The smallest absolute Gasteiger partial charge is 0.174 e. The number of ether oxygens (including phenoxy) is 1. The van der Waals surface area contributed by atoms with Crippen LogP contribution < -0.4 is 9.46 Å². The first kappa shape index (κ1) is 13.4. The predicted octanol–water partition coefficient (Wildman–Crippen LogP) is 2.50. The van der Waals surface area contributed by atoms with Crippen LogP contribution in [0.5, 0.6) is 5.75 Å². The van der Waals surface area contributed by atoms with Gasteiger partial charge < -0.3 is 9.29 Å². The molecule has 4 heteroatoms. The van der Waals surface area contributed by atoms with Crippen LogP contribution in [0.3, 0.4) is 0 Å². The summed E-state index contributed by atoms with van der Waals surface area (Å²) >= 11 is -1.11. The largest absolute Gasteiger partial charge is 0.593 e. The second kappa shape index (κ2) is 6.78. The molecule has 0 amide bonds. The van der Waals surface area contributed by atoms with E-state index >= 15 is 0 Å². The normalized spacial score (nSPS) is 12.8. The maximum atomic E-state index is 11.7. The van der Waals surface area contributed by atoms with Crippen LogP contribution >= 0.6 is 0 Å². The summed E-state index contributed by atoms with van der Waals surface area (Å²) < 4.78 is 20.1. The van der Waals surface area contributed by atoms with Crippen molar-refractivity contribution in [3.63, 3.8) is 0 Å². The van der Waals surface area contributed by atoms with Crippen molar-refractivity contribution in [2.75, 3.05) is 6.54 Å². The molecule has 0 bridgehead atoms. The van der Waals surface area contributed by atoms with E-state index in [1.54, 1.807) is 0 Å². The lowest BCUT2D eigenvalue weighted by atomic mass is 10.3. The summed E-state index contributed by atoms with van der Waals surface area (Å²) in [5.41, 5.74) is 0. The maximum Gasteiger partial charge on any atom is 0.174 e. The highest BCUT2D eigenvalue weighted by Crippen LogP contribution is 2.16. The van der Waals surface area contributed by atoms with Gasteiger partial charge in [-0.3, -0.25) is 0 Å². The minimum Gasteiger partial charge on any atom is -0.593 e. The van der Waals surface area contributed by atoms with Crippen LogP contribution in [0.4, 0.5) is 0 Å². The van der Waals surface area contributed by atoms with E-state index < -0.39 is 11.4 Å². The van der Waals surface area contributed by atoms with Gasteiger partial charge >= 0.3 is 0 Å². The van der Waals surface area contributed by atoms with Crippen molar-refractivity contribution in [3.05, 3.63) is 24.3 Å². The molecule has 0 aliphatic heterocycles. The molecular weight excluding hydrogens is 222 g/mol. The molecular formula is C12H19NO2S. The molecule has 1 aromatic rings. The van der Waals surface area contributed by atoms with Gasteiger partial charge in [0.2, 0.25) is 0 Å². The molecule has 16 heavy (non-hydrogen) atoms. The Kier molecular flexibility index (Phi) is 5.66. The topological polar surface area (TPSA) is 44.3 Å². The van der Waals surface area contributed by atoms with Gasteiger partial charge in [-0.2, -0.15) is 0 Å². The van der Waals surface area contributed by atoms with Crippen molar-refractivity contribution >= 4 is 11.4 Å². The van der Waals surface area contributed by atoms with Crippen LogP contribution in [0.15, 0.2) is 29.2 Å². The molecule has 0 radical (unpaired) electrons. The number of nitrogens with one attached hydrogen (secondary N) is 1. The SMILES string of the molecule is CCCN[S+]([O-])c1ccc(OC(C)C)cc1. The van der Waals surface area contributed by atoms with Gasteiger partial charge in [0.1, 0.15) is 5.75 Å². The lowest BCUT2D eigenvalue weighted by molar-refractivity contribution is 0.242. The first-order chi connectivity index (χ1) is 7.63. The molecule has 3 nitrogen and oxygen atoms in total. The summed E-state index contributed by atoms with van der Waals surface area (Å²) in [7, 11) is 0. The van der Waals surface area contributed by atoms with E-state index in [0.29, 0.717) is 0 Å². The molecule has 1 unspecified atom stereocenters. The highest BCUT2D eigenvalue weighted by Gasteiger charge is 2.10. The Morgan fingerprint density at radius 3 is 2.44 bits per heavy atom. The van der Waals surface area contributed by atoms with Gasteiger partial charge in [-0.25, -0.2) is 0 Å². The van der Waals surface area contributed by atoms with E-state index in [0.717, 1.165) is 23.6 Å². The highest BCUT2D eigenvalue weighted by molar-refractivity contribution is 7.89. The van der Waals surface area contributed by atoms with Crippen LogP contribution in [0.2, 0.25) is 0 Å². The molecule has 1 aromatic carbocycles. The Hall–Kier alpha value is -0.710. The molecule has 0 aromatic heterocycles. The van der Waals surface area contributed by atoms with Crippen molar-refractivity contribution in [1.29, 1.82) is 0 Å². The fraction of sp³-hybridized carbons (Fsp3) is 0.500. The first-order valence-electron chi connectivity index (χ1n) is 5.55. The van der Waals surface area contributed by atoms with Crippen molar-refractivity contribution in [3.8, 4) is 5.75 Å². The Morgan fingerprint density at radius 2 is 1.94 bits per heavy atom. The molecule has 0 fully saturated rings. The third kappa shape index (κ3) is 4.43. The quantitative estimate of drug-likeness (QED) is 0.778. The minimum absolute atomic E-state index is 0.162. The molecule has 1 atom stereocenters. The highest BCUT2D eigenvalue weighted by atomic mass is 32.2. The maximum absolute atomic E-state index is 11.7. The van der Waals surface area contributed by atoms with Gasteiger partial charge in [0.05, 0.1) is 17.5 Å². The van der Waals surface area contributed by atoms with Crippen molar-refractivity contribution in [2.45, 2.75) is 38.2 Å². The summed E-state index contributed by atoms with van der Waals surface area (Å²) in [6.45, 7) is 6.77. The monoisotopic (exact) mass is 241 g/mol. The number of rotatable bonds is 6. The fourth-order valence-electron chi connectivity index (χ4n) is 1.19. The molecule has 0 aliphatic carbocycles. The minimum atomic E-state index is -1.11. The summed E-state index contributed by atoms with van der Waals surface area (Å²) in [5, 5.41) is 0. The molecule has 0 saturated heterocycles. The summed E-state index contributed by atoms with van der Waals surface area (Å²) in [4.78, 5) is 0.782. The van der Waals surface area contributed by atoms with Crippen LogP contribution in [0.25, 0.3) is 0 Å². The second-order valence-electron chi connectivity index (χ2n) is 3.80. The molecule has 0 heterocycles. The number of benzene rings is 1. The lowest BCUT2D eigenvalue weighted by Gasteiger charge is -2.12. The van der Waals surface area contributed by atoms with E-state index in [4.69, 9.17) is 4.74 Å². The third-order valence-electron chi connectivity index (χ3n) is 1.89. The zero-order valence-corrected chi connectivity index (χ0v) is 10.8. The zero-order valence-electron chi connectivity index (χ0n) is 10.0. The van der Waals surface area contributed by atoms with E-state index in [2.05, 4.69) is 4.72 Å². The zero-order chi connectivity index (χ0) is 12.0. The van der Waals surface area contributed by atoms with Crippen LogP contribution in [-0.2, 0) is 11.4 Å². The third-order valence-corrected chi connectivity index (χ3v) is 3.06. The summed E-state index contributed by atoms with van der Waals surface area (Å²) in [6.07, 6.45) is 1.13. The van der Waals surface area contributed by atoms with E-state index in [1.165, 1.54) is 0 Å². The number of hydrogen-bond acceptors (Lipinski definition) is 3. The lowest BCUT2D eigenvalue weighted by Crippen LogP contribution is -2.24. The van der Waals surface area contributed by atoms with Gasteiger partial charge in [0, 0.05) is 6.54 Å². The first-order valence-corrected chi connectivity index (χ1v) is 6.70. The van der Waals surface area contributed by atoms with E-state index in [-0.39, 0.29) is 6.10 Å². The van der Waals surface area contributed by atoms with Gasteiger partial charge in [-0.05, 0) is 44.5 Å². The summed E-state index contributed by atoms with van der Waals surface area (Å²) in [6, 6.07) is 7.36. The molecule has 0 saturated carbocycles. The Bertz CT molecular complexity index is 300. The van der Waals surface area contributed by atoms with Crippen LogP contribution in [0.1, 0.15) is 27.2 Å². The predicted molar refractivity (Wildman–Crippen MR) is 66.9 cm³/mol. The van der Waals surface area contributed by atoms with Gasteiger partial charge in [0.15, 0.2) is 4.90 Å². The molecule has 0 spiro atoms. The van der Waals surface area contributed by atoms with Gasteiger partial charge in [0.25, 0.3) is 0 Å². The Labute approximate surface area is 101 Å². The summed E-state index contributed by atoms with van der Waals surface area (Å²) in [5.74, 6) is 0.811. The molecule has 90 valence electrons. The molecule has 1 rings (SSSR count). The Balaban J connectivity index is 2.56. The number of hydrogen-bond donors (Lipinski definition) is 1. The standard InChI is InChI=1S/C12H19NO2S/c1-4-9-13-16(14)12-7-5-11(6-8-12)15-10(2)3/h5-8,10,13H,4,9H2,1-3H3. The Morgan fingerprint density at radius 1 is 1.31 bits per heavy atom. The molecule has 0 aliphatic rings. The van der Waals surface area contributed by atoms with Crippen LogP contribution in [0, 0.1) is 0 Å². The average molecular weight is 241 g/mol. The van der Waals surface area contributed by atoms with E-state index in [1.807, 2.05) is 45.0 Å². The van der Waals surface area contributed by atoms with Gasteiger partial charge in [-0.1, -0.05) is 6.92 Å². The second-order valence-corrected chi connectivity index (χ2v) is 5.10. The molecule has 1 N–H and O–H groups in total. The average Bonchev–Trinajstić information content (AvgIpc) is 2.26.